The summed E-state index contributed by atoms with van der Waals surface area (Å²) < 4.78 is 5.03. The van der Waals surface area contributed by atoms with Gasteiger partial charge in [-0.15, -0.1) is 0 Å². The molecule has 0 heterocycles. The Morgan fingerprint density at radius 3 is 2.33 bits per heavy atom. The molecule has 6 nitrogen and oxygen atoms in total. The van der Waals surface area contributed by atoms with Crippen molar-refractivity contribution in [1.82, 2.24) is 5.32 Å². The van der Waals surface area contributed by atoms with Crippen LogP contribution in [-0.4, -0.2) is 41.4 Å². The van der Waals surface area contributed by atoms with Crippen molar-refractivity contribution in [3.8, 4) is 0 Å². The van der Waals surface area contributed by atoms with Gasteiger partial charge in [-0.1, -0.05) is 39.5 Å². The first-order chi connectivity index (χ1) is 9.83. The van der Waals surface area contributed by atoms with Crippen molar-refractivity contribution in [1.29, 1.82) is 0 Å². The molecule has 7 heteroatoms. The van der Waals surface area contributed by atoms with Crippen LogP contribution < -0.4 is 11.1 Å². The summed E-state index contributed by atoms with van der Waals surface area (Å²) in [6.07, 6.45) is 0.964. The molecule has 0 aromatic carbocycles. The zero-order valence-corrected chi connectivity index (χ0v) is 14.0. The van der Waals surface area contributed by atoms with E-state index in [-0.39, 0.29) is 29.1 Å². The van der Waals surface area contributed by atoms with Gasteiger partial charge >= 0.3 is 5.97 Å². The molecule has 0 radical (unpaired) electrons. The summed E-state index contributed by atoms with van der Waals surface area (Å²) in [5.74, 6) is -0.611. The monoisotopic (exact) mass is 318 g/mol. The summed E-state index contributed by atoms with van der Waals surface area (Å²) in [7, 11) is 0. The van der Waals surface area contributed by atoms with Gasteiger partial charge in [-0.25, -0.2) is 4.79 Å². The molecule has 0 rings (SSSR count). The van der Waals surface area contributed by atoms with E-state index in [0.717, 1.165) is 11.8 Å². The Bertz CT molecular complexity index is 361. The average Bonchev–Trinajstić information content (AvgIpc) is 2.47. The molecule has 0 aromatic rings. The number of ether oxygens (including phenoxy) is 1. The fourth-order valence-corrected chi connectivity index (χ4v) is 2.32. The van der Waals surface area contributed by atoms with E-state index in [9.17, 15) is 14.4 Å². The second-order valence-electron chi connectivity index (χ2n) is 5.04. The molecule has 3 N–H and O–H groups in total. The third-order valence-corrected chi connectivity index (χ3v) is 3.83. The molecule has 0 saturated heterocycles. The zero-order chi connectivity index (χ0) is 16.4. The molecular formula is C14H26N2O4S. The van der Waals surface area contributed by atoms with Crippen LogP contribution in [0.2, 0.25) is 0 Å². The Kier molecular flexibility index (Phi) is 10.1. The molecule has 0 aromatic heterocycles. The lowest BCUT2D eigenvalue weighted by molar-refractivity contribution is -0.147. The fourth-order valence-electron chi connectivity index (χ4n) is 1.30. The number of rotatable bonds is 9. The third kappa shape index (κ3) is 8.06. The maximum Gasteiger partial charge on any atom is 0.329 e. The van der Waals surface area contributed by atoms with Crippen LogP contribution in [0.3, 0.4) is 0 Å². The summed E-state index contributed by atoms with van der Waals surface area (Å²) in [5.41, 5.74) is 5.76. The van der Waals surface area contributed by atoms with Gasteiger partial charge in [-0.3, -0.25) is 9.59 Å². The van der Waals surface area contributed by atoms with E-state index < -0.39 is 18.1 Å². The van der Waals surface area contributed by atoms with Gasteiger partial charge in [0.2, 0.25) is 11.0 Å². The van der Waals surface area contributed by atoms with E-state index in [1.165, 1.54) is 0 Å². The van der Waals surface area contributed by atoms with E-state index in [1.807, 2.05) is 20.8 Å². The lowest BCUT2D eigenvalue weighted by Gasteiger charge is -2.18. The maximum absolute atomic E-state index is 11.9. The van der Waals surface area contributed by atoms with Crippen LogP contribution in [0.25, 0.3) is 0 Å². The molecule has 0 fully saturated rings. The number of thioether (sulfide) groups is 1. The summed E-state index contributed by atoms with van der Waals surface area (Å²) in [5, 5.41) is 2.38. The van der Waals surface area contributed by atoms with E-state index in [2.05, 4.69) is 5.32 Å². The van der Waals surface area contributed by atoms with Gasteiger partial charge in [0.15, 0.2) is 0 Å². The summed E-state index contributed by atoms with van der Waals surface area (Å²) in [4.78, 5) is 35.2. The fraction of sp³-hybridized carbons (Fsp3) is 0.786. The summed E-state index contributed by atoms with van der Waals surface area (Å²) in [6, 6.07) is -1.40. The second kappa shape index (κ2) is 10.6. The highest BCUT2D eigenvalue weighted by Crippen LogP contribution is 2.13. The van der Waals surface area contributed by atoms with Gasteiger partial charge in [0.25, 0.3) is 0 Å². The van der Waals surface area contributed by atoms with Crippen LogP contribution in [0, 0.1) is 5.92 Å². The predicted octanol–water partition coefficient (Wildman–Crippen LogP) is 1.08. The number of hydrogen-bond donors (Lipinski definition) is 2. The standard InChI is InChI=1S/C14H26N2O4S/c1-5-7-20-13(18)10(16-11(17)6-2)8-21-14(19)12(15)9(3)4/h9-10,12H,5-8,15H2,1-4H3,(H,16,17)/t10-,12-/m0/s1. The number of amides is 1. The Balaban J connectivity index is 4.56. The van der Waals surface area contributed by atoms with Crippen molar-refractivity contribution >= 4 is 28.8 Å². The molecule has 0 aliphatic heterocycles. The Hall–Kier alpha value is -1.08. The quantitative estimate of drug-likeness (QED) is 0.617. The molecule has 2 atom stereocenters. The predicted molar refractivity (Wildman–Crippen MR) is 83.8 cm³/mol. The minimum absolute atomic E-state index is 0.0284. The molecule has 0 bridgehead atoms. The third-order valence-electron chi connectivity index (χ3n) is 2.77. The molecule has 1 amide bonds. The van der Waals surface area contributed by atoms with Gasteiger partial charge in [-0.2, -0.15) is 0 Å². The topological polar surface area (TPSA) is 98.5 Å². The Morgan fingerprint density at radius 1 is 1.24 bits per heavy atom. The van der Waals surface area contributed by atoms with Crippen LogP contribution in [-0.2, 0) is 19.1 Å². The zero-order valence-electron chi connectivity index (χ0n) is 13.2. The number of esters is 1. The first kappa shape index (κ1) is 19.9. The number of carbonyl (C=O) groups is 3. The van der Waals surface area contributed by atoms with Gasteiger partial charge < -0.3 is 15.8 Å². The van der Waals surface area contributed by atoms with Gasteiger partial charge in [-0.05, 0) is 12.3 Å². The molecule has 0 spiro atoms. The SMILES string of the molecule is CCCOC(=O)[C@H](CSC(=O)[C@@H](N)C(C)C)NC(=O)CC. The van der Waals surface area contributed by atoms with Gasteiger partial charge in [0.1, 0.15) is 6.04 Å². The van der Waals surface area contributed by atoms with Gasteiger partial charge in [0.05, 0.1) is 12.6 Å². The van der Waals surface area contributed by atoms with Crippen LogP contribution in [0.5, 0.6) is 0 Å². The van der Waals surface area contributed by atoms with Crippen molar-refractivity contribution in [2.45, 2.75) is 52.6 Å². The maximum atomic E-state index is 11.9. The molecule has 0 unspecified atom stereocenters. The van der Waals surface area contributed by atoms with Crippen molar-refractivity contribution < 1.29 is 19.1 Å². The number of carbonyl (C=O) groups excluding carboxylic acids is 3. The average molecular weight is 318 g/mol. The van der Waals surface area contributed by atoms with E-state index >= 15 is 0 Å². The normalized spacial score (nSPS) is 13.6. The molecule has 0 aliphatic rings. The minimum atomic E-state index is -0.822. The Labute approximate surface area is 130 Å². The minimum Gasteiger partial charge on any atom is -0.464 e. The van der Waals surface area contributed by atoms with Crippen LogP contribution in [0.15, 0.2) is 0 Å². The molecule has 122 valence electrons. The summed E-state index contributed by atoms with van der Waals surface area (Å²) >= 11 is 0.956. The second-order valence-corrected chi connectivity index (χ2v) is 6.07. The highest BCUT2D eigenvalue weighted by Gasteiger charge is 2.25. The molecule has 0 saturated carbocycles. The van der Waals surface area contributed by atoms with Crippen molar-refractivity contribution in [2.75, 3.05) is 12.4 Å². The number of nitrogens with one attached hydrogen (secondary N) is 1. The van der Waals surface area contributed by atoms with Crippen molar-refractivity contribution in [3.05, 3.63) is 0 Å². The van der Waals surface area contributed by atoms with Crippen LogP contribution >= 0.6 is 11.8 Å². The lowest BCUT2D eigenvalue weighted by atomic mass is 10.1. The number of hydrogen-bond acceptors (Lipinski definition) is 6. The Morgan fingerprint density at radius 2 is 1.86 bits per heavy atom. The molecular weight excluding hydrogens is 292 g/mol. The largest absolute Gasteiger partial charge is 0.464 e. The van der Waals surface area contributed by atoms with Crippen molar-refractivity contribution in [2.24, 2.45) is 11.7 Å². The highest BCUT2D eigenvalue weighted by molar-refractivity contribution is 8.13. The summed E-state index contributed by atoms with van der Waals surface area (Å²) in [6.45, 7) is 7.58. The van der Waals surface area contributed by atoms with Crippen LogP contribution in [0.1, 0.15) is 40.5 Å². The lowest BCUT2D eigenvalue weighted by Crippen LogP contribution is -2.44. The van der Waals surface area contributed by atoms with Crippen LogP contribution in [0.4, 0.5) is 0 Å². The van der Waals surface area contributed by atoms with E-state index in [1.54, 1.807) is 6.92 Å². The first-order valence-electron chi connectivity index (χ1n) is 7.21. The molecule has 0 aliphatic carbocycles. The van der Waals surface area contributed by atoms with Gasteiger partial charge in [0, 0.05) is 12.2 Å². The van der Waals surface area contributed by atoms with E-state index in [0.29, 0.717) is 13.0 Å². The van der Waals surface area contributed by atoms with E-state index in [4.69, 9.17) is 10.5 Å². The van der Waals surface area contributed by atoms with Crippen molar-refractivity contribution in [3.63, 3.8) is 0 Å². The molecule has 21 heavy (non-hydrogen) atoms. The smallest absolute Gasteiger partial charge is 0.329 e. The highest BCUT2D eigenvalue weighted by atomic mass is 32.2. The first-order valence-corrected chi connectivity index (χ1v) is 8.20. The number of nitrogens with two attached hydrogens (primary N) is 1.